The molecule has 2 atom stereocenters. The maximum atomic E-state index is 12.4. The van der Waals surface area contributed by atoms with Crippen LogP contribution in [0.2, 0.25) is 0 Å². The zero-order valence-corrected chi connectivity index (χ0v) is 10.1. The lowest BCUT2D eigenvalue weighted by Crippen LogP contribution is -2.69. The molecule has 1 N–H and O–H groups in total. The summed E-state index contributed by atoms with van der Waals surface area (Å²) in [5.41, 5.74) is 1.12. The summed E-state index contributed by atoms with van der Waals surface area (Å²) < 4.78 is 5.45. The molecule has 3 aliphatic heterocycles. The Bertz CT molecular complexity index is 386. The number of piperidine rings is 1. The van der Waals surface area contributed by atoms with Crippen molar-refractivity contribution in [3.63, 3.8) is 0 Å². The summed E-state index contributed by atoms with van der Waals surface area (Å²) in [6.45, 7) is 3.92. The zero-order chi connectivity index (χ0) is 11.8. The van der Waals surface area contributed by atoms with Crippen LogP contribution in [0.15, 0.2) is 23.7 Å². The van der Waals surface area contributed by atoms with Crippen LogP contribution >= 0.6 is 0 Å². The van der Waals surface area contributed by atoms with E-state index >= 15 is 0 Å². The van der Waals surface area contributed by atoms with Gasteiger partial charge in [-0.1, -0.05) is 6.92 Å². The Morgan fingerprint density at radius 2 is 2.29 bits per heavy atom. The molecule has 0 aromatic heterocycles. The minimum Gasteiger partial charge on any atom is -0.460 e. The van der Waals surface area contributed by atoms with Crippen molar-refractivity contribution >= 4 is 5.91 Å². The molecule has 3 heterocycles. The van der Waals surface area contributed by atoms with Gasteiger partial charge in [-0.15, -0.1) is 0 Å². The normalized spacial score (nSPS) is 31.0. The van der Waals surface area contributed by atoms with Gasteiger partial charge in [0.15, 0.2) is 5.76 Å². The number of piperazine rings is 1. The molecule has 2 fully saturated rings. The molecular weight excluding hydrogens is 216 g/mol. The largest absolute Gasteiger partial charge is 0.460 e. The van der Waals surface area contributed by atoms with E-state index in [1.807, 2.05) is 11.0 Å². The number of carbonyl (C=O) groups excluding carboxylic acids is 1. The summed E-state index contributed by atoms with van der Waals surface area (Å²) in [6, 6.07) is 0.753. The van der Waals surface area contributed by atoms with Gasteiger partial charge >= 0.3 is 0 Å². The first-order valence-electron chi connectivity index (χ1n) is 6.38. The summed E-state index contributed by atoms with van der Waals surface area (Å²) in [7, 11) is 0. The Kier molecular flexibility index (Phi) is 2.67. The molecule has 0 aliphatic carbocycles. The highest BCUT2D eigenvalue weighted by Crippen LogP contribution is 2.32. The Balaban J connectivity index is 1.80. The molecule has 0 saturated carbocycles. The molecule has 0 spiro atoms. The highest BCUT2D eigenvalue weighted by atomic mass is 16.5. The molecule has 3 aliphatic rings. The number of allylic oxidation sites excluding steroid dienone is 2. The quantitative estimate of drug-likeness (QED) is 0.779. The van der Waals surface area contributed by atoms with E-state index in [4.69, 9.17) is 4.74 Å². The van der Waals surface area contributed by atoms with Crippen LogP contribution in [-0.2, 0) is 9.53 Å². The summed E-state index contributed by atoms with van der Waals surface area (Å²) in [5.74, 6) is 0.667. The number of amides is 1. The van der Waals surface area contributed by atoms with Gasteiger partial charge in [0.1, 0.15) is 0 Å². The van der Waals surface area contributed by atoms with Crippen LogP contribution in [0.25, 0.3) is 0 Å². The first kappa shape index (κ1) is 10.8. The third kappa shape index (κ3) is 1.67. The fourth-order valence-corrected chi connectivity index (χ4v) is 2.92. The monoisotopic (exact) mass is 234 g/mol. The third-order valence-corrected chi connectivity index (χ3v) is 3.91. The van der Waals surface area contributed by atoms with Crippen LogP contribution in [0.5, 0.6) is 0 Å². The average molecular weight is 234 g/mol. The Hall–Kier alpha value is -1.29. The minimum absolute atomic E-state index is 0.0916. The van der Waals surface area contributed by atoms with E-state index in [-0.39, 0.29) is 5.91 Å². The second kappa shape index (κ2) is 4.18. The van der Waals surface area contributed by atoms with Crippen molar-refractivity contribution in [3.8, 4) is 0 Å². The molecule has 17 heavy (non-hydrogen) atoms. The first-order chi connectivity index (χ1) is 8.31. The highest BCUT2D eigenvalue weighted by Gasteiger charge is 2.45. The standard InChI is InChI=1S/C13H18N2O2/c1-2-9-4-3-5-17-12(9)13(16)15-10-6-11(15)8-14-7-10/h3,5,10-11,14H,2,4,6-8H2,1H3. The molecule has 0 aromatic rings. The predicted octanol–water partition coefficient (Wildman–Crippen LogP) is 1.16. The van der Waals surface area contributed by atoms with Gasteiger partial charge in [-0.05, 0) is 30.9 Å². The number of nitrogens with zero attached hydrogens (tertiary/aromatic N) is 1. The van der Waals surface area contributed by atoms with Crippen LogP contribution in [0.4, 0.5) is 0 Å². The first-order valence-corrected chi connectivity index (χ1v) is 6.38. The van der Waals surface area contributed by atoms with E-state index in [2.05, 4.69) is 12.2 Å². The molecule has 4 nitrogen and oxygen atoms in total. The van der Waals surface area contributed by atoms with Crippen molar-refractivity contribution in [1.82, 2.24) is 10.2 Å². The second-order valence-electron chi connectivity index (χ2n) is 4.89. The van der Waals surface area contributed by atoms with Gasteiger partial charge in [-0.3, -0.25) is 4.79 Å². The Labute approximate surface area is 101 Å². The molecule has 1 amide bonds. The van der Waals surface area contributed by atoms with Crippen LogP contribution < -0.4 is 5.32 Å². The molecule has 2 saturated heterocycles. The van der Waals surface area contributed by atoms with Crippen molar-refractivity contribution in [1.29, 1.82) is 0 Å². The SMILES string of the molecule is CCC1=C(C(=O)N2C3CNCC2C3)OC=CC1. The van der Waals surface area contributed by atoms with Crippen molar-refractivity contribution in [3.05, 3.63) is 23.7 Å². The number of rotatable bonds is 2. The molecule has 2 unspecified atom stereocenters. The summed E-state index contributed by atoms with van der Waals surface area (Å²) >= 11 is 0. The molecule has 2 bridgehead atoms. The lowest BCUT2D eigenvalue weighted by atomic mass is 9.88. The van der Waals surface area contributed by atoms with Crippen molar-refractivity contribution in [2.24, 2.45) is 0 Å². The van der Waals surface area contributed by atoms with Crippen molar-refractivity contribution in [2.75, 3.05) is 13.1 Å². The predicted molar refractivity (Wildman–Crippen MR) is 64.1 cm³/mol. The van der Waals surface area contributed by atoms with E-state index in [9.17, 15) is 4.79 Å². The van der Waals surface area contributed by atoms with Gasteiger partial charge < -0.3 is 15.0 Å². The highest BCUT2D eigenvalue weighted by molar-refractivity contribution is 5.93. The van der Waals surface area contributed by atoms with Crippen LogP contribution in [0.1, 0.15) is 26.2 Å². The molecule has 0 aromatic carbocycles. The maximum absolute atomic E-state index is 12.4. The smallest absolute Gasteiger partial charge is 0.290 e. The lowest BCUT2D eigenvalue weighted by molar-refractivity contribution is -0.146. The van der Waals surface area contributed by atoms with Crippen LogP contribution in [-0.4, -0.2) is 36.0 Å². The van der Waals surface area contributed by atoms with E-state index in [1.54, 1.807) is 6.26 Å². The lowest BCUT2D eigenvalue weighted by Gasteiger charge is -2.53. The summed E-state index contributed by atoms with van der Waals surface area (Å²) in [4.78, 5) is 14.4. The van der Waals surface area contributed by atoms with Gasteiger partial charge in [0.25, 0.3) is 5.91 Å². The number of hydrogen-bond acceptors (Lipinski definition) is 3. The molecular formula is C13H18N2O2. The Morgan fingerprint density at radius 3 is 2.94 bits per heavy atom. The molecule has 4 heteroatoms. The van der Waals surface area contributed by atoms with Crippen LogP contribution in [0.3, 0.4) is 0 Å². The van der Waals surface area contributed by atoms with Crippen molar-refractivity contribution in [2.45, 2.75) is 38.3 Å². The van der Waals surface area contributed by atoms with Gasteiger partial charge in [-0.25, -0.2) is 0 Å². The van der Waals surface area contributed by atoms with Gasteiger partial charge in [-0.2, -0.15) is 0 Å². The number of nitrogens with one attached hydrogen (secondary N) is 1. The fourth-order valence-electron chi connectivity index (χ4n) is 2.92. The molecule has 0 radical (unpaired) electrons. The van der Waals surface area contributed by atoms with Gasteiger partial charge in [0.2, 0.25) is 0 Å². The van der Waals surface area contributed by atoms with E-state index < -0.39 is 0 Å². The topological polar surface area (TPSA) is 41.6 Å². The van der Waals surface area contributed by atoms with Gasteiger partial charge in [0, 0.05) is 25.2 Å². The minimum atomic E-state index is 0.0916. The van der Waals surface area contributed by atoms with E-state index in [0.29, 0.717) is 17.8 Å². The number of fused-ring (bicyclic) bond motifs is 2. The number of hydrogen-bond donors (Lipinski definition) is 1. The van der Waals surface area contributed by atoms with Crippen LogP contribution in [0, 0.1) is 0 Å². The summed E-state index contributed by atoms with van der Waals surface area (Å²) in [6.07, 6.45) is 6.48. The molecule has 3 rings (SSSR count). The fraction of sp³-hybridized carbons (Fsp3) is 0.615. The maximum Gasteiger partial charge on any atom is 0.290 e. The third-order valence-electron chi connectivity index (χ3n) is 3.91. The van der Waals surface area contributed by atoms with Gasteiger partial charge in [0.05, 0.1) is 6.26 Å². The van der Waals surface area contributed by atoms with E-state index in [1.165, 1.54) is 0 Å². The Morgan fingerprint density at radius 1 is 1.53 bits per heavy atom. The summed E-state index contributed by atoms with van der Waals surface area (Å²) in [5, 5.41) is 3.33. The number of carbonyl (C=O) groups is 1. The van der Waals surface area contributed by atoms with Crippen molar-refractivity contribution < 1.29 is 9.53 Å². The van der Waals surface area contributed by atoms with E-state index in [0.717, 1.165) is 37.9 Å². The zero-order valence-electron chi connectivity index (χ0n) is 10.1. The second-order valence-corrected chi connectivity index (χ2v) is 4.89. The average Bonchev–Trinajstić information content (AvgIpc) is 2.39. The molecule has 92 valence electrons. The number of ether oxygens (including phenoxy) is 1.